The molecule has 3 aromatic rings. The fraction of sp³-hybridized carbons (Fsp3) is 0.300. The van der Waals surface area contributed by atoms with Gasteiger partial charge in [0, 0.05) is 11.9 Å². The van der Waals surface area contributed by atoms with E-state index in [1.165, 1.54) is 12.1 Å². The molecule has 7 nitrogen and oxygen atoms in total. The van der Waals surface area contributed by atoms with Crippen LogP contribution in [0.2, 0.25) is 5.02 Å². The van der Waals surface area contributed by atoms with Gasteiger partial charge in [0.2, 0.25) is 0 Å². The lowest BCUT2D eigenvalue weighted by molar-refractivity contribution is -0.137. The average Bonchev–Trinajstić information content (AvgIpc) is 2.68. The predicted octanol–water partition coefficient (Wildman–Crippen LogP) is 3.65. The summed E-state index contributed by atoms with van der Waals surface area (Å²) in [5, 5.41) is 14.9. The summed E-state index contributed by atoms with van der Waals surface area (Å²) in [7, 11) is 0. The van der Waals surface area contributed by atoms with Gasteiger partial charge in [-0.25, -0.2) is 0 Å². The number of halogens is 4. The van der Waals surface area contributed by atoms with Crippen LogP contribution in [0.3, 0.4) is 0 Å². The minimum atomic E-state index is -4.58. The van der Waals surface area contributed by atoms with Crippen LogP contribution >= 0.6 is 11.6 Å². The summed E-state index contributed by atoms with van der Waals surface area (Å²) in [6.07, 6.45) is -3.55. The van der Waals surface area contributed by atoms with Crippen molar-refractivity contribution in [3.8, 4) is 0 Å². The monoisotopic (exact) mass is 450 g/mol. The first-order valence-electron chi connectivity index (χ1n) is 9.51. The van der Waals surface area contributed by atoms with Gasteiger partial charge in [-0.2, -0.15) is 13.2 Å². The first-order valence-corrected chi connectivity index (χ1v) is 9.89. The van der Waals surface area contributed by atoms with Gasteiger partial charge in [0.05, 0.1) is 22.2 Å². The highest BCUT2D eigenvalue weighted by molar-refractivity contribution is 6.31. The Kier molecular flexibility index (Phi) is 5.67. The van der Waals surface area contributed by atoms with Crippen LogP contribution in [0, 0.1) is 0 Å². The molecule has 1 fully saturated rings. The molecule has 2 heterocycles. The number of fused-ring (bicyclic) bond motifs is 1. The van der Waals surface area contributed by atoms with E-state index >= 15 is 0 Å². The summed E-state index contributed by atoms with van der Waals surface area (Å²) >= 11 is 5.79. The maximum Gasteiger partial charge on any atom is 0.417 e. The lowest BCUT2D eigenvalue weighted by Gasteiger charge is -2.35. The van der Waals surface area contributed by atoms with E-state index in [1.807, 2.05) is 0 Å². The van der Waals surface area contributed by atoms with Gasteiger partial charge in [0.25, 0.3) is 5.91 Å². The first-order chi connectivity index (χ1) is 14.7. The van der Waals surface area contributed by atoms with Crippen LogP contribution in [-0.2, 0) is 6.18 Å². The third-order valence-electron chi connectivity index (χ3n) is 5.24. The van der Waals surface area contributed by atoms with Crippen molar-refractivity contribution in [1.82, 2.24) is 20.3 Å². The Morgan fingerprint density at radius 2 is 2.00 bits per heavy atom. The van der Waals surface area contributed by atoms with Gasteiger partial charge in [-0.3, -0.25) is 4.79 Å². The largest absolute Gasteiger partial charge is 0.417 e. The number of rotatable bonds is 6. The molecule has 31 heavy (non-hydrogen) atoms. The van der Waals surface area contributed by atoms with Gasteiger partial charge >= 0.3 is 6.18 Å². The molecule has 1 atom stereocenters. The molecule has 1 unspecified atom stereocenters. The number of nitrogens with one attached hydrogen (secondary N) is 1. The smallest absolute Gasteiger partial charge is 0.366 e. The molecule has 0 bridgehead atoms. The molecule has 1 amide bonds. The summed E-state index contributed by atoms with van der Waals surface area (Å²) in [4.78, 5) is 13.8. The van der Waals surface area contributed by atoms with E-state index in [9.17, 15) is 18.0 Å². The molecule has 1 saturated heterocycles. The summed E-state index contributed by atoms with van der Waals surface area (Å²) in [6.45, 7) is 2.17. The van der Waals surface area contributed by atoms with Crippen LogP contribution in [0.15, 0.2) is 36.4 Å². The summed E-state index contributed by atoms with van der Waals surface area (Å²) in [5.41, 5.74) is 5.36. The topological polar surface area (TPSA) is 97.0 Å². The van der Waals surface area contributed by atoms with Crippen LogP contribution in [0.1, 0.15) is 33.9 Å². The number of anilines is 1. The van der Waals surface area contributed by atoms with E-state index in [4.69, 9.17) is 17.3 Å². The fourth-order valence-corrected chi connectivity index (χ4v) is 3.74. The summed E-state index contributed by atoms with van der Waals surface area (Å²) < 4.78 is 40.2. The number of amides is 1. The number of benzene rings is 2. The molecule has 1 aliphatic rings. The number of nitrogens with zero attached hydrogens (tertiary/aromatic N) is 4. The Hall–Kier alpha value is -2.98. The number of primary amides is 1. The lowest BCUT2D eigenvalue weighted by atomic mass is 10.0. The second kappa shape index (κ2) is 8.27. The number of alkyl halides is 3. The number of aromatic nitrogens is 3. The summed E-state index contributed by atoms with van der Waals surface area (Å²) in [6, 6.07) is 8.16. The number of carbonyl (C=O) groups is 1. The number of nitrogens with two attached hydrogens (primary N) is 1. The van der Waals surface area contributed by atoms with Gasteiger partial charge in [-0.1, -0.05) is 23.7 Å². The van der Waals surface area contributed by atoms with Crippen LogP contribution in [0.4, 0.5) is 19.0 Å². The summed E-state index contributed by atoms with van der Waals surface area (Å²) in [5.74, 6) is -0.371. The third kappa shape index (κ3) is 4.40. The maximum atomic E-state index is 13.4. The standard InChI is InChI=1S/C20H18ClF3N6O/c21-15-6-5-11(9-14(15)20(22,23)24)16(10-30-7-2-8-30)26-19-13-4-1-3-12(18(25)31)17(13)27-29-28-19/h1,3-6,9,16H,2,7-8,10H2,(H2,25,31)(H,26,27,28). The zero-order valence-corrected chi connectivity index (χ0v) is 16.9. The zero-order valence-electron chi connectivity index (χ0n) is 16.2. The fourth-order valence-electron chi connectivity index (χ4n) is 3.51. The van der Waals surface area contributed by atoms with Crippen LogP contribution in [-0.4, -0.2) is 45.9 Å². The molecule has 0 spiro atoms. The molecule has 4 rings (SSSR count). The molecule has 11 heteroatoms. The Morgan fingerprint density at radius 1 is 1.23 bits per heavy atom. The lowest BCUT2D eigenvalue weighted by Crippen LogP contribution is -2.41. The molecule has 2 aromatic carbocycles. The van der Waals surface area contributed by atoms with Gasteiger partial charge < -0.3 is 16.0 Å². The van der Waals surface area contributed by atoms with Crippen LogP contribution in [0.25, 0.3) is 10.9 Å². The van der Waals surface area contributed by atoms with Crippen molar-refractivity contribution in [3.05, 3.63) is 58.1 Å². The van der Waals surface area contributed by atoms with Crippen molar-refractivity contribution in [2.24, 2.45) is 5.73 Å². The molecule has 3 N–H and O–H groups in total. The molecule has 1 aliphatic heterocycles. The molecule has 1 aromatic heterocycles. The Balaban J connectivity index is 1.75. The van der Waals surface area contributed by atoms with Crippen LogP contribution in [0.5, 0.6) is 0 Å². The maximum absolute atomic E-state index is 13.4. The molecular formula is C20H18ClF3N6O. The molecule has 162 valence electrons. The minimum absolute atomic E-state index is 0.181. The van der Waals surface area contributed by atoms with E-state index in [0.717, 1.165) is 25.6 Å². The number of hydrogen-bond acceptors (Lipinski definition) is 6. The molecule has 0 saturated carbocycles. The highest BCUT2D eigenvalue weighted by Crippen LogP contribution is 2.37. The van der Waals surface area contributed by atoms with E-state index in [1.54, 1.807) is 18.2 Å². The van der Waals surface area contributed by atoms with Crippen molar-refractivity contribution in [3.63, 3.8) is 0 Å². The van der Waals surface area contributed by atoms with Gasteiger partial charge in [-0.05, 0) is 54.6 Å². The molecule has 0 aliphatic carbocycles. The molecule has 0 radical (unpaired) electrons. The Labute approximate surface area is 180 Å². The number of hydrogen-bond donors (Lipinski definition) is 2. The SMILES string of the molecule is NC(=O)c1cccc2c(NC(CN3CCC3)c3ccc(Cl)c(C(F)(F)F)c3)nnnc12. The van der Waals surface area contributed by atoms with Crippen molar-refractivity contribution < 1.29 is 18.0 Å². The highest BCUT2D eigenvalue weighted by Gasteiger charge is 2.34. The zero-order chi connectivity index (χ0) is 22.2. The van der Waals surface area contributed by atoms with Crippen molar-refractivity contribution >= 4 is 34.2 Å². The first kappa shape index (κ1) is 21.3. The van der Waals surface area contributed by atoms with Crippen molar-refractivity contribution in [2.45, 2.75) is 18.6 Å². The van der Waals surface area contributed by atoms with Crippen molar-refractivity contribution in [1.29, 1.82) is 0 Å². The second-order valence-electron chi connectivity index (χ2n) is 7.29. The quantitative estimate of drug-likeness (QED) is 0.595. The second-order valence-corrected chi connectivity index (χ2v) is 7.70. The van der Waals surface area contributed by atoms with Gasteiger partial charge in [0.15, 0.2) is 5.82 Å². The average molecular weight is 451 g/mol. The third-order valence-corrected chi connectivity index (χ3v) is 5.57. The van der Waals surface area contributed by atoms with Gasteiger partial charge in [-0.15, -0.1) is 10.2 Å². The molecular weight excluding hydrogens is 433 g/mol. The van der Waals surface area contributed by atoms with Crippen molar-refractivity contribution in [2.75, 3.05) is 25.0 Å². The highest BCUT2D eigenvalue weighted by atomic mass is 35.5. The van der Waals surface area contributed by atoms with Crippen LogP contribution < -0.4 is 11.1 Å². The minimum Gasteiger partial charge on any atom is -0.366 e. The normalized spacial score (nSPS) is 15.5. The van der Waals surface area contributed by atoms with E-state index in [-0.39, 0.29) is 16.1 Å². The number of likely N-dealkylation sites (tertiary alicyclic amines) is 1. The van der Waals surface area contributed by atoms with E-state index in [2.05, 4.69) is 25.6 Å². The Bertz CT molecular complexity index is 1140. The van der Waals surface area contributed by atoms with E-state index < -0.39 is 23.7 Å². The predicted molar refractivity (Wildman–Crippen MR) is 110 cm³/mol. The number of carbonyl (C=O) groups excluding carboxylic acids is 1. The van der Waals surface area contributed by atoms with Gasteiger partial charge in [0.1, 0.15) is 5.52 Å². The Morgan fingerprint density at radius 3 is 2.65 bits per heavy atom. The van der Waals surface area contributed by atoms with E-state index in [0.29, 0.717) is 23.3 Å².